The Labute approximate surface area is 158 Å². The summed E-state index contributed by atoms with van der Waals surface area (Å²) < 4.78 is 11.0. The van der Waals surface area contributed by atoms with Gasteiger partial charge in [0.1, 0.15) is 0 Å². The van der Waals surface area contributed by atoms with E-state index < -0.39 is 5.97 Å². The van der Waals surface area contributed by atoms with Crippen molar-refractivity contribution in [1.29, 1.82) is 0 Å². The van der Waals surface area contributed by atoms with Gasteiger partial charge in [0.25, 0.3) is 0 Å². The smallest absolute Gasteiger partial charge is 0.307 e. The zero-order valence-electron chi connectivity index (χ0n) is 16.1. The molecule has 0 atom stereocenters. The number of fused-ring (bicyclic) bond motifs is 1. The largest absolute Gasteiger partial charge is 0.493 e. The molecule has 142 valence electrons. The van der Waals surface area contributed by atoms with Gasteiger partial charge in [-0.2, -0.15) is 0 Å². The highest BCUT2D eigenvalue weighted by molar-refractivity contribution is 5.94. The van der Waals surface area contributed by atoms with Gasteiger partial charge in [-0.25, -0.2) is 0 Å². The van der Waals surface area contributed by atoms with E-state index in [1.165, 1.54) is 5.56 Å². The van der Waals surface area contributed by atoms with Crippen molar-refractivity contribution >= 4 is 16.9 Å². The summed E-state index contributed by atoms with van der Waals surface area (Å²) in [6.07, 6.45) is -0.0487. The molecule has 0 amide bonds. The minimum Gasteiger partial charge on any atom is -0.493 e. The minimum atomic E-state index is -0.856. The van der Waals surface area contributed by atoms with Crippen molar-refractivity contribution in [3.05, 3.63) is 47.5 Å². The van der Waals surface area contributed by atoms with Gasteiger partial charge in [-0.05, 0) is 54.3 Å². The van der Waals surface area contributed by atoms with Gasteiger partial charge in [0.05, 0.1) is 25.8 Å². The maximum Gasteiger partial charge on any atom is 0.307 e. The molecule has 1 heterocycles. The Morgan fingerprint density at radius 1 is 1.15 bits per heavy atom. The standard InChI is InChI=1S/C22H25NO4/c1-5-27-20-11-15(7-9-19(20)26-4)22-17(12-21(24)25)16-10-14(13(2)3)6-8-18(16)23-22/h6-11,13,23H,5,12H2,1-4H3,(H,24,25). The number of aliphatic carboxylic acids is 1. The number of H-pyrrole nitrogens is 1. The van der Waals surface area contributed by atoms with Crippen LogP contribution in [0, 0.1) is 0 Å². The quantitative estimate of drug-likeness (QED) is 0.617. The second-order valence-electron chi connectivity index (χ2n) is 6.81. The molecular weight excluding hydrogens is 342 g/mol. The van der Waals surface area contributed by atoms with Gasteiger partial charge in [0.15, 0.2) is 11.5 Å². The third-order valence-electron chi connectivity index (χ3n) is 4.68. The Morgan fingerprint density at radius 3 is 2.56 bits per heavy atom. The molecule has 0 bridgehead atoms. The van der Waals surface area contributed by atoms with E-state index in [0.29, 0.717) is 24.0 Å². The molecule has 0 fully saturated rings. The Balaban J connectivity index is 2.21. The summed E-state index contributed by atoms with van der Waals surface area (Å²) in [5.41, 5.74) is 4.58. The lowest BCUT2D eigenvalue weighted by Crippen LogP contribution is -2.01. The summed E-state index contributed by atoms with van der Waals surface area (Å²) in [4.78, 5) is 14.9. The maximum atomic E-state index is 11.5. The number of carboxylic acid groups (broad SMARTS) is 1. The minimum absolute atomic E-state index is 0.0487. The van der Waals surface area contributed by atoms with Crippen LogP contribution in [0.1, 0.15) is 37.8 Å². The van der Waals surface area contributed by atoms with Crippen molar-refractivity contribution in [3.8, 4) is 22.8 Å². The summed E-state index contributed by atoms with van der Waals surface area (Å²) in [6.45, 7) is 6.69. The summed E-state index contributed by atoms with van der Waals surface area (Å²) in [5.74, 6) is 0.806. The zero-order valence-corrected chi connectivity index (χ0v) is 16.1. The van der Waals surface area contributed by atoms with Crippen LogP contribution in [0.25, 0.3) is 22.2 Å². The van der Waals surface area contributed by atoms with Gasteiger partial charge in [-0.3, -0.25) is 4.79 Å². The maximum absolute atomic E-state index is 11.5. The van der Waals surface area contributed by atoms with E-state index in [-0.39, 0.29) is 6.42 Å². The van der Waals surface area contributed by atoms with Crippen LogP contribution >= 0.6 is 0 Å². The number of hydrogen-bond donors (Lipinski definition) is 2. The highest BCUT2D eigenvalue weighted by atomic mass is 16.5. The van der Waals surface area contributed by atoms with Crippen LogP contribution in [-0.4, -0.2) is 29.8 Å². The molecule has 5 nitrogen and oxygen atoms in total. The first-order valence-corrected chi connectivity index (χ1v) is 9.12. The van der Waals surface area contributed by atoms with Gasteiger partial charge in [-0.1, -0.05) is 19.9 Å². The molecule has 27 heavy (non-hydrogen) atoms. The van der Waals surface area contributed by atoms with Crippen molar-refractivity contribution < 1.29 is 19.4 Å². The number of aromatic amines is 1. The molecule has 1 aromatic heterocycles. The summed E-state index contributed by atoms with van der Waals surface area (Å²) in [7, 11) is 1.60. The molecule has 0 saturated carbocycles. The Morgan fingerprint density at radius 2 is 1.93 bits per heavy atom. The fraction of sp³-hybridized carbons (Fsp3) is 0.318. The SMILES string of the molecule is CCOc1cc(-c2[nH]c3ccc(C(C)C)cc3c2CC(=O)O)ccc1OC. The van der Waals surface area contributed by atoms with E-state index in [1.54, 1.807) is 7.11 Å². The predicted molar refractivity (Wildman–Crippen MR) is 107 cm³/mol. The lowest BCUT2D eigenvalue weighted by Gasteiger charge is -2.11. The van der Waals surface area contributed by atoms with Crippen molar-refractivity contribution in [2.45, 2.75) is 33.1 Å². The van der Waals surface area contributed by atoms with Gasteiger partial charge in [-0.15, -0.1) is 0 Å². The number of hydrogen-bond acceptors (Lipinski definition) is 3. The van der Waals surface area contributed by atoms with Gasteiger partial charge in [0, 0.05) is 16.5 Å². The number of ether oxygens (including phenoxy) is 2. The van der Waals surface area contributed by atoms with E-state index >= 15 is 0 Å². The third-order valence-corrected chi connectivity index (χ3v) is 4.68. The summed E-state index contributed by atoms with van der Waals surface area (Å²) in [5, 5.41) is 10.4. The van der Waals surface area contributed by atoms with Crippen LogP contribution in [0.4, 0.5) is 0 Å². The fourth-order valence-electron chi connectivity index (χ4n) is 3.31. The Kier molecular flexibility index (Phi) is 5.40. The van der Waals surface area contributed by atoms with E-state index in [9.17, 15) is 9.90 Å². The summed E-state index contributed by atoms with van der Waals surface area (Å²) >= 11 is 0. The number of aromatic nitrogens is 1. The number of methoxy groups -OCH3 is 1. The molecule has 2 N–H and O–H groups in total. The monoisotopic (exact) mass is 367 g/mol. The number of nitrogens with one attached hydrogen (secondary N) is 1. The molecule has 0 aliphatic heterocycles. The summed E-state index contributed by atoms with van der Waals surface area (Å²) in [6, 6.07) is 11.8. The highest BCUT2D eigenvalue weighted by Gasteiger charge is 2.18. The second kappa shape index (κ2) is 7.74. The van der Waals surface area contributed by atoms with Crippen LogP contribution in [0.5, 0.6) is 11.5 Å². The fourth-order valence-corrected chi connectivity index (χ4v) is 3.31. The molecule has 3 aromatic rings. The van der Waals surface area contributed by atoms with Gasteiger partial charge < -0.3 is 19.6 Å². The van der Waals surface area contributed by atoms with Crippen LogP contribution < -0.4 is 9.47 Å². The number of benzene rings is 2. The third kappa shape index (κ3) is 3.77. The van der Waals surface area contributed by atoms with E-state index in [1.807, 2.05) is 31.2 Å². The number of rotatable bonds is 7. The lowest BCUT2D eigenvalue weighted by molar-refractivity contribution is -0.136. The normalized spacial score (nSPS) is 11.1. The average Bonchev–Trinajstić information content (AvgIpc) is 2.99. The van der Waals surface area contributed by atoms with Crippen molar-refractivity contribution in [2.75, 3.05) is 13.7 Å². The van der Waals surface area contributed by atoms with Gasteiger partial charge in [0.2, 0.25) is 0 Å². The molecule has 0 saturated heterocycles. The Hall–Kier alpha value is -2.95. The number of carbonyl (C=O) groups is 1. The van der Waals surface area contributed by atoms with Crippen molar-refractivity contribution in [2.24, 2.45) is 0 Å². The zero-order chi connectivity index (χ0) is 19.6. The first kappa shape index (κ1) is 18.8. The van der Waals surface area contributed by atoms with Gasteiger partial charge >= 0.3 is 5.97 Å². The first-order valence-electron chi connectivity index (χ1n) is 9.12. The molecule has 2 aromatic carbocycles. The molecule has 0 aliphatic rings. The Bertz CT molecular complexity index is 972. The predicted octanol–water partition coefficient (Wildman–Crippen LogP) is 4.99. The van der Waals surface area contributed by atoms with Crippen molar-refractivity contribution in [3.63, 3.8) is 0 Å². The molecule has 0 aliphatic carbocycles. The van der Waals surface area contributed by atoms with Crippen LogP contribution in [-0.2, 0) is 11.2 Å². The van der Waals surface area contributed by atoms with Crippen LogP contribution in [0.3, 0.4) is 0 Å². The highest BCUT2D eigenvalue weighted by Crippen LogP contribution is 2.37. The molecule has 0 unspecified atom stereocenters. The molecule has 5 heteroatoms. The first-order chi connectivity index (χ1) is 12.9. The van der Waals surface area contributed by atoms with Crippen LogP contribution in [0.15, 0.2) is 36.4 Å². The lowest BCUT2D eigenvalue weighted by atomic mass is 9.97. The molecule has 0 radical (unpaired) electrons. The molecular formula is C22H25NO4. The van der Waals surface area contributed by atoms with E-state index in [4.69, 9.17) is 9.47 Å². The van der Waals surface area contributed by atoms with Crippen LogP contribution in [0.2, 0.25) is 0 Å². The number of carboxylic acids is 1. The second-order valence-corrected chi connectivity index (χ2v) is 6.81. The topological polar surface area (TPSA) is 71.6 Å². The molecule has 3 rings (SSSR count). The average molecular weight is 367 g/mol. The van der Waals surface area contributed by atoms with E-state index in [2.05, 4.69) is 31.0 Å². The molecule has 0 spiro atoms. The van der Waals surface area contributed by atoms with E-state index in [0.717, 1.165) is 27.7 Å². The van der Waals surface area contributed by atoms with Crippen molar-refractivity contribution in [1.82, 2.24) is 4.98 Å².